The molecule has 0 unspecified atom stereocenters. The molecule has 0 aliphatic carbocycles. The molecule has 0 bridgehead atoms. The van der Waals surface area contributed by atoms with Gasteiger partial charge in [0.15, 0.2) is 0 Å². The van der Waals surface area contributed by atoms with E-state index in [0.29, 0.717) is 12.2 Å². The number of benzene rings is 2. The summed E-state index contributed by atoms with van der Waals surface area (Å²) in [5, 5.41) is 6.80. The number of aromatic amines is 1. The minimum Gasteiger partial charge on any atom is -0.444 e. The van der Waals surface area contributed by atoms with Crippen LogP contribution >= 0.6 is 0 Å². The number of amides is 2. The summed E-state index contributed by atoms with van der Waals surface area (Å²) < 4.78 is 7.44. The Bertz CT molecular complexity index is 1300. The zero-order valence-electron chi connectivity index (χ0n) is 20.2. The van der Waals surface area contributed by atoms with Crippen molar-refractivity contribution in [1.29, 1.82) is 0 Å². The largest absolute Gasteiger partial charge is 0.444 e. The summed E-state index contributed by atoms with van der Waals surface area (Å²) in [5.41, 5.74) is 3.08. The molecule has 0 radical (unpaired) electrons. The first-order valence-corrected chi connectivity index (χ1v) is 11.4. The van der Waals surface area contributed by atoms with E-state index in [-0.39, 0.29) is 11.9 Å². The van der Waals surface area contributed by atoms with Crippen LogP contribution in [0.15, 0.2) is 54.7 Å². The average molecular weight is 462 g/mol. The third kappa shape index (κ3) is 5.22. The zero-order chi connectivity index (χ0) is 24.5. The third-order valence-electron chi connectivity index (χ3n) is 5.59. The molecule has 0 spiro atoms. The summed E-state index contributed by atoms with van der Waals surface area (Å²) in [4.78, 5) is 33.8. The summed E-state index contributed by atoms with van der Waals surface area (Å²) in [6, 6.07) is 14.5. The Labute approximate surface area is 198 Å². The Balaban J connectivity index is 1.57. The van der Waals surface area contributed by atoms with Crippen molar-refractivity contribution in [2.75, 3.05) is 0 Å². The molecule has 0 aliphatic heterocycles. The number of hydrogen-bond acceptors (Lipinski definition) is 4. The SMILES string of the molecule is C[C@H](NC(=O)[C@@H](Cc1cn(C)c2ccccc12)NC(=O)OC(C)(C)C)c1nc2ccccc2[nH]1. The highest BCUT2D eigenvalue weighted by Crippen LogP contribution is 2.22. The van der Waals surface area contributed by atoms with Crippen LogP contribution in [0.2, 0.25) is 0 Å². The molecule has 0 fully saturated rings. The maximum absolute atomic E-state index is 13.4. The zero-order valence-corrected chi connectivity index (χ0v) is 20.2. The lowest BCUT2D eigenvalue weighted by molar-refractivity contribution is -0.123. The van der Waals surface area contributed by atoms with Crippen LogP contribution in [0.1, 0.15) is 45.1 Å². The molecule has 3 N–H and O–H groups in total. The van der Waals surface area contributed by atoms with Crippen LogP contribution < -0.4 is 10.6 Å². The number of carbonyl (C=O) groups is 2. The van der Waals surface area contributed by atoms with Gasteiger partial charge in [-0.2, -0.15) is 0 Å². The topological polar surface area (TPSA) is 101 Å². The maximum Gasteiger partial charge on any atom is 0.408 e. The molecule has 4 aromatic rings. The number of alkyl carbamates (subject to hydrolysis) is 1. The summed E-state index contributed by atoms with van der Waals surface area (Å²) in [6.45, 7) is 7.22. The van der Waals surface area contributed by atoms with E-state index >= 15 is 0 Å². The summed E-state index contributed by atoms with van der Waals surface area (Å²) in [5.74, 6) is 0.336. The highest BCUT2D eigenvalue weighted by molar-refractivity contribution is 5.89. The van der Waals surface area contributed by atoms with Gasteiger partial charge in [-0.1, -0.05) is 30.3 Å². The van der Waals surface area contributed by atoms with Gasteiger partial charge >= 0.3 is 6.09 Å². The number of H-pyrrole nitrogens is 1. The molecule has 8 heteroatoms. The van der Waals surface area contributed by atoms with Crippen molar-refractivity contribution >= 4 is 33.9 Å². The van der Waals surface area contributed by atoms with Gasteiger partial charge in [-0.25, -0.2) is 9.78 Å². The second-order valence-electron chi connectivity index (χ2n) is 9.55. The molecule has 0 saturated carbocycles. The van der Waals surface area contributed by atoms with E-state index < -0.39 is 17.7 Å². The van der Waals surface area contributed by atoms with Crippen molar-refractivity contribution in [3.8, 4) is 0 Å². The van der Waals surface area contributed by atoms with Gasteiger partial charge < -0.3 is 24.9 Å². The lowest BCUT2D eigenvalue weighted by Crippen LogP contribution is -2.49. The van der Waals surface area contributed by atoms with Crippen LogP contribution in [0, 0.1) is 0 Å². The first-order chi connectivity index (χ1) is 16.1. The fourth-order valence-corrected chi connectivity index (χ4v) is 4.03. The molecular weight excluding hydrogens is 430 g/mol. The number of carbonyl (C=O) groups excluding carboxylic acids is 2. The standard InChI is InChI=1S/C26H31N5O3/c1-16(23-28-19-11-7-8-12-20(19)29-23)27-24(32)21(30-25(33)34-26(2,3)4)14-17-15-31(5)22-13-9-6-10-18(17)22/h6-13,15-16,21H,14H2,1-5H3,(H,27,32)(H,28,29)(H,30,33)/t16-,21+/m0/s1. The van der Waals surface area contributed by atoms with Gasteiger partial charge in [0, 0.05) is 30.6 Å². The number of imidazole rings is 1. The van der Waals surface area contributed by atoms with Crippen molar-refractivity contribution in [2.24, 2.45) is 7.05 Å². The van der Waals surface area contributed by atoms with E-state index in [1.165, 1.54) is 0 Å². The Hall–Kier alpha value is -3.81. The molecule has 0 saturated heterocycles. The molecule has 8 nitrogen and oxygen atoms in total. The molecule has 34 heavy (non-hydrogen) atoms. The number of ether oxygens (including phenoxy) is 1. The summed E-state index contributed by atoms with van der Waals surface area (Å²) in [6.07, 6.45) is 1.67. The van der Waals surface area contributed by atoms with Gasteiger partial charge in [-0.15, -0.1) is 0 Å². The van der Waals surface area contributed by atoms with Crippen LogP contribution in [0.5, 0.6) is 0 Å². The van der Waals surface area contributed by atoms with E-state index in [1.807, 2.05) is 73.3 Å². The van der Waals surface area contributed by atoms with Crippen molar-refractivity contribution < 1.29 is 14.3 Å². The number of para-hydroxylation sites is 3. The van der Waals surface area contributed by atoms with Gasteiger partial charge in [0.1, 0.15) is 17.5 Å². The molecular formula is C26H31N5O3. The van der Waals surface area contributed by atoms with Crippen LogP contribution in [0.4, 0.5) is 4.79 Å². The second-order valence-corrected chi connectivity index (χ2v) is 9.55. The maximum atomic E-state index is 13.4. The van der Waals surface area contributed by atoms with Crippen molar-refractivity contribution in [1.82, 2.24) is 25.2 Å². The van der Waals surface area contributed by atoms with Crippen LogP contribution in [0.25, 0.3) is 21.9 Å². The molecule has 2 aromatic heterocycles. The number of nitrogens with zero attached hydrogens (tertiary/aromatic N) is 2. The molecule has 2 heterocycles. The number of rotatable bonds is 6. The quantitative estimate of drug-likeness (QED) is 0.397. The van der Waals surface area contributed by atoms with Gasteiger partial charge in [0.05, 0.1) is 17.1 Å². The van der Waals surface area contributed by atoms with E-state index in [2.05, 4.69) is 20.6 Å². The van der Waals surface area contributed by atoms with Crippen molar-refractivity contribution in [3.63, 3.8) is 0 Å². The third-order valence-corrected chi connectivity index (χ3v) is 5.59. The van der Waals surface area contributed by atoms with Crippen molar-refractivity contribution in [3.05, 3.63) is 66.1 Å². The average Bonchev–Trinajstić information content (AvgIpc) is 3.34. The number of hydrogen-bond donors (Lipinski definition) is 3. The minimum absolute atomic E-state index is 0.313. The Kier molecular flexibility index (Phi) is 6.32. The van der Waals surface area contributed by atoms with E-state index in [0.717, 1.165) is 27.5 Å². The second kappa shape index (κ2) is 9.21. The highest BCUT2D eigenvalue weighted by atomic mass is 16.6. The fraction of sp³-hybridized carbons (Fsp3) is 0.346. The Morgan fingerprint density at radius 3 is 2.53 bits per heavy atom. The smallest absolute Gasteiger partial charge is 0.408 e. The predicted octanol–water partition coefficient (Wildman–Crippen LogP) is 4.37. The molecule has 4 rings (SSSR count). The van der Waals surface area contributed by atoms with Gasteiger partial charge in [-0.3, -0.25) is 4.79 Å². The van der Waals surface area contributed by atoms with Gasteiger partial charge in [0.2, 0.25) is 5.91 Å². The number of nitrogens with one attached hydrogen (secondary N) is 3. The van der Waals surface area contributed by atoms with Gasteiger partial charge in [0.25, 0.3) is 0 Å². The molecule has 178 valence electrons. The lowest BCUT2D eigenvalue weighted by atomic mass is 10.0. The first-order valence-electron chi connectivity index (χ1n) is 11.4. The molecule has 2 aromatic carbocycles. The predicted molar refractivity (Wildman–Crippen MR) is 132 cm³/mol. The van der Waals surface area contributed by atoms with Crippen LogP contribution in [0.3, 0.4) is 0 Å². The number of aryl methyl sites for hydroxylation is 1. The van der Waals surface area contributed by atoms with Crippen molar-refractivity contribution in [2.45, 2.75) is 51.8 Å². The van der Waals surface area contributed by atoms with E-state index in [9.17, 15) is 9.59 Å². The molecule has 2 amide bonds. The number of aromatic nitrogens is 3. The molecule has 2 atom stereocenters. The fourth-order valence-electron chi connectivity index (χ4n) is 4.03. The van der Waals surface area contributed by atoms with Crippen LogP contribution in [-0.4, -0.2) is 38.2 Å². The normalized spacial score (nSPS) is 13.6. The van der Waals surface area contributed by atoms with E-state index in [4.69, 9.17) is 4.74 Å². The molecule has 0 aliphatic rings. The Morgan fingerprint density at radius 2 is 1.79 bits per heavy atom. The van der Waals surface area contributed by atoms with Crippen LogP contribution in [-0.2, 0) is 23.0 Å². The minimum atomic E-state index is -0.826. The Morgan fingerprint density at radius 1 is 1.09 bits per heavy atom. The van der Waals surface area contributed by atoms with E-state index in [1.54, 1.807) is 20.8 Å². The van der Waals surface area contributed by atoms with Gasteiger partial charge in [-0.05, 0) is 51.5 Å². The first kappa shape index (κ1) is 23.4. The number of fused-ring (bicyclic) bond motifs is 2. The lowest BCUT2D eigenvalue weighted by Gasteiger charge is -2.24. The monoisotopic (exact) mass is 461 g/mol. The highest BCUT2D eigenvalue weighted by Gasteiger charge is 2.27. The summed E-state index contributed by atoms with van der Waals surface area (Å²) in [7, 11) is 1.96. The summed E-state index contributed by atoms with van der Waals surface area (Å²) >= 11 is 0.